The van der Waals surface area contributed by atoms with Crippen molar-refractivity contribution in [1.82, 2.24) is 5.32 Å². The molecule has 19 heavy (non-hydrogen) atoms. The van der Waals surface area contributed by atoms with E-state index in [1.54, 1.807) is 13.0 Å². The van der Waals surface area contributed by atoms with Crippen LogP contribution in [-0.2, 0) is 0 Å². The highest BCUT2D eigenvalue weighted by Gasteiger charge is 2.20. The van der Waals surface area contributed by atoms with Crippen molar-refractivity contribution >= 4 is 17.5 Å². The smallest absolute Gasteiger partial charge is 0.251 e. The lowest BCUT2D eigenvalue weighted by Crippen LogP contribution is -2.32. The molecule has 2 nitrogen and oxygen atoms in total. The topological polar surface area (TPSA) is 29.1 Å². The number of amides is 1. The zero-order valence-electron chi connectivity index (χ0n) is 11.1. The molecule has 2 unspecified atom stereocenters. The molecule has 1 amide bonds. The van der Waals surface area contributed by atoms with Crippen LogP contribution in [0.15, 0.2) is 18.2 Å². The van der Waals surface area contributed by atoms with Gasteiger partial charge in [0.25, 0.3) is 5.91 Å². The predicted molar refractivity (Wildman–Crippen MR) is 75.1 cm³/mol. The van der Waals surface area contributed by atoms with E-state index in [4.69, 9.17) is 11.6 Å². The first-order valence-corrected chi connectivity index (χ1v) is 7.17. The Morgan fingerprint density at radius 1 is 1.42 bits per heavy atom. The van der Waals surface area contributed by atoms with Gasteiger partial charge in [-0.2, -0.15) is 0 Å². The van der Waals surface area contributed by atoms with E-state index in [2.05, 4.69) is 5.32 Å². The molecule has 1 fully saturated rings. The van der Waals surface area contributed by atoms with Crippen molar-refractivity contribution in [3.63, 3.8) is 0 Å². The largest absolute Gasteiger partial charge is 0.352 e. The summed E-state index contributed by atoms with van der Waals surface area (Å²) in [6.07, 6.45) is 4.23. The second kappa shape index (κ2) is 6.38. The number of rotatable bonds is 3. The summed E-state index contributed by atoms with van der Waals surface area (Å²) >= 11 is 6.12. The Balaban J connectivity index is 1.90. The van der Waals surface area contributed by atoms with E-state index in [-0.39, 0.29) is 17.1 Å². The molecular formula is C15H19ClFNO. The molecule has 1 aliphatic carbocycles. The molecule has 2 atom stereocenters. The number of hydrogen-bond acceptors (Lipinski definition) is 1. The molecule has 0 aliphatic heterocycles. The number of hydrogen-bond donors (Lipinski definition) is 1. The second-order valence-corrected chi connectivity index (χ2v) is 5.97. The molecule has 1 saturated carbocycles. The normalized spacial score (nSPS) is 23.1. The van der Waals surface area contributed by atoms with E-state index in [0.717, 1.165) is 31.2 Å². The maximum atomic E-state index is 13.2. The molecule has 1 N–H and O–H groups in total. The van der Waals surface area contributed by atoms with Crippen molar-refractivity contribution < 1.29 is 9.18 Å². The first-order valence-electron chi connectivity index (χ1n) is 6.74. The molecule has 0 spiro atoms. The monoisotopic (exact) mass is 283 g/mol. The van der Waals surface area contributed by atoms with Gasteiger partial charge in [-0.05, 0) is 55.9 Å². The molecule has 2 rings (SSSR count). The maximum absolute atomic E-state index is 13.2. The summed E-state index contributed by atoms with van der Waals surface area (Å²) in [5.41, 5.74) is 1.14. The third kappa shape index (κ3) is 4.20. The standard InChI is InChI=1S/C15H19ClFNO/c1-10-5-12(8-14(17)6-10)15(19)18-9-11-3-2-4-13(16)7-11/h5-6,8,11,13H,2-4,7,9H2,1H3,(H,18,19). The zero-order valence-corrected chi connectivity index (χ0v) is 11.8. The summed E-state index contributed by atoms with van der Waals surface area (Å²) < 4.78 is 13.2. The van der Waals surface area contributed by atoms with Crippen molar-refractivity contribution in [2.45, 2.75) is 38.0 Å². The molecule has 1 aromatic carbocycles. The van der Waals surface area contributed by atoms with Crippen LogP contribution in [0.3, 0.4) is 0 Å². The Labute approximate surface area is 118 Å². The SMILES string of the molecule is Cc1cc(F)cc(C(=O)NCC2CCCC(Cl)C2)c1. The molecule has 4 heteroatoms. The minimum Gasteiger partial charge on any atom is -0.352 e. The summed E-state index contributed by atoms with van der Waals surface area (Å²) in [4.78, 5) is 12.0. The van der Waals surface area contributed by atoms with Crippen LogP contribution >= 0.6 is 11.6 Å². The van der Waals surface area contributed by atoms with Crippen LogP contribution < -0.4 is 5.32 Å². The summed E-state index contributed by atoms with van der Waals surface area (Å²) in [6.45, 7) is 2.40. The molecule has 0 radical (unpaired) electrons. The number of carbonyl (C=O) groups is 1. The molecule has 104 valence electrons. The minimum absolute atomic E-state index is 0.209. The fourth-order valence-electron chi connectivity index (χ4n) is 2.62. The number of halogens is 2. The lowest BCUT2D eigenvalue weighted by molar-refractivity contribution is 0.0943. The van der Waals surface area contributed by atoms with Crippen LogP contribution in [0.5, 0.6) is 0 Å². The first-order chi connectivity index (χ1) is 9.04. The third-order valence-electron chi connectivity index (χ3n) is 3.57. The highest BCUT2D eigenvalue weighted by Crippen LogP contribution is 2.27. The molecule has 0 heterocycles. The lowest BCUT2D eigenvalue weighted by atomic mass is 9.89. The van der Waals surface area contributed by atoms with Crippen LogP contribution in [0.1, 0.15) is 41.6 Å². The van der Waals surface area contributed by atoms with Crippen molar-refractivity contribution in [3.05, 3.63) is 35.1 Å². The molecule has 0 bridgehead atoms. The predicted octanol–water partition coefficient (Wildman–Crippen LogP) is 3.66. The van der Waals surface area contributed by atoms with Gasteiger partial charge in [0.1, 0.15) is 5.82 Å². The maximum Gasteiger partial charge on any atom is 0.251 e. The number of alkyl halides is 1. The van der Waals surface area contributed by atoms with Crippen molar-refractivity contribution in [2.75, 3.05) is 6.54 Å². The Morgan fingerprint density at radius 2 is 2.21 bits per heavy atom. The quantitative estimate of drug-likeness (QED) is 0.843. The van der Waals surface area contributed by atoms with Crippen LogP contribution in [0, 0.1) is 18.7 Å². The third-order valence-corrected chi connectivity index (χ3v) is 3.97. The molecule has 0 aromatic heterocycles. The van der Waals surface area contributed by atoms with Crippen molar-refractivity contribution in [1.29, 1.82) is 0 Å². The van der Waals surface area contributed by atoms with Crippen molar-refractivity contribution in [2.24, 2.45) is 5.92 Å². The van der Waals surface area contributed by atoms with Crippen LogP contribution in [0.4, 0.5) is 4.39 Å². The zero-order chi connectivity index (χ0) is 13.8. The summed E-state index contributed by atoms with van der Waals surface area (Å²) in [5.74, 6) is -0.141. The van der Waals surface area contributed by atoms with Crippen molar-refractivity contribution in [3.8, 4) is 0 Å². The van der Waals surface area contributed by atoms with Gasteiger partial charge < -0.3 is 5.32 Å². The van der Waals surface area contributed by atoms with Crippen LogP contribution in [0.25, 0.3) is 0 Å². The van der Waals surface area contributed by atoms with E-state index in [9.17, 15) is 9.18 Å². The second-order valence-electron chi connectivity index (χ2n) is 5.36. The summed E-state index contributed by atoms with van der Waals surface area (Å²) in [5, 5.41) is 3.11. The van der Waals surface area contributed by atoms with E-state index in [1.165, 1.54) is 12.1 Å². The van der Waals surface area contributed by atoms with Gasteiger partial charge in [0.05, 0.1) is 0 Å². The highest BCUT2D eigenvalue weighted by atomic mass is 35.5. The van der Waals surface area contributed by atoms with E-state index in [1.807, 2.05) is 0 Å². The summed E-state index contributed by atoms with van der Waals surface area (Å²) in [7, 11) is 0. The van der Waals surface area contributed by atoms with Crippen LogP contribution in [0.2, 0.25) is 0 Å². The lowest BCUT2D eigenvalue weighted by Gasteiger charge is -2.25. The Bertz CT molecular complexity index is 443. The van der Waals surface area contributed by atoms with Gasteiger partial charge in [0, 0.05) is 17.5 Å². The molecule has 0 saturated heterocycles. The average Bonchev–Trinajstić information content (AvgIpc) is 2.35. The van der Waals surface area contributed by atoms with Gasteiger partial charge in [-0.3, -0.25) is 4.79 Å². The molecular weight excluding hydrogens is 265 g/mol. The Kier molecular flexibility index (Phi) is 4.81. The molecule has 1 aliphatic rings. The Morgan fingerprint density at radius 3 is 2.89 bits per heavy atom. The number of aryl methyl sites for hydroxylation is 1. The first kappa shape index (κ1) is 14.3. The van der Waals surface area contributed by atoms with Crippen LogP contribution in [-0.4, -0.2) is 17.8 Å². The number of benzene rings is 1. The number of carbonyl (C=O) groups excluding carboxylic acids is 1. The summed E-state index contributed by atoms with van der Waals surface area (Å²) in [6, 6.07) is 4.38. The average molecular weight is 284 g/mol. The van der Waals surface area contributed by atoms with Gasteiger partial charge in [0.2, 0.25) is 0 Å². The van der Waals surface area contributed by atoms with Gasteiger partial charge in [0.15, 0.2) is 0 Å². The van der Waals surface area contributed by atoms with E-state index >= 15 is 0 Å². The van der Waals surface area contributed by atoms with Gasteiger partial charge in [-0.1, -0.05) is 6.42 Å². The van der Waals surface area contributed by atoms with E-state index < -0.39 is 0 Å². The fourth-order valence-corrected chi connectivity index (χ4v) is 3.02. The highest BCUT2D eigenvalue weighted by molar-refractivity contribution is 6.20. The number of nitrogens with one attached hydrogen (secondary N) is 1. The fraction of sp³-hybridized carbons (Fsp3) is 0.533. The molecule has 1 aromatic rings. The van der Waals surface area contributed by atoms with Gasteiger partial charge in [-0.25, -0.2) is 4.39 Å². The minimum atomic E-state index is -0.372. The van der Waals surface area contributed by atoms with Gasteiger partial charge in [-0.15, -0.1) is 11.6 Å². The Hall–Kier alpha value is -1.09. The van der Waals surface area contributed by atoms with E-state index in [0.29, 0.717) is 18.0 Å². The van der Waals surface area contributed by atoms with Gasteiger partial charge >= 0.3 is 0 Å².